The Morgan fingerprint density at radius 2 is 2.11 bits per heavy atom. The normalized spacial score (nSPS) is 10.4. The molecule has 0 saturated carbocycles. The number of nitrogens with two attached hydrogens (primary N) is 1. The van der Waals surface area contributed by atoms with Gasteiger partial charge in [0.25, 0.3) is 0 Å². The highest BCUT2D eigenvalue weighted by Gasteiger charge is 2.07. The third-order valence-electron chi connectivity index (χ3n) is 2.77. The standard InChI is InChI=1S/C13H16N4O2/c14-8-11-4-2-1-3-10(11)7-13(18)15-6-5-12-16-9-19-17-12/h1-4,9H,5-8,14H2,(H,15,18). The zero-order valence-electron chi connectivity index (χ0n) is 10.5. The average Bonchev–Trinajstić information content (AvgIpc) is 2.92. The molecule has 0 unspecified atom stereocenters. The molecule has 6 heteroatoms. The molecule has 100 valence electrons. The Kier molecular flexibility index (Phi) is 4.63. The fraction of sp³-hybridized carbons (Fsp3) is 0.308. The van der Waals surface area contributed by atoms with Gasteiger partial charge >= 0.3 is 0 Å². The molecule has 6 nitrogen and oxygen atoms in total. The summed E-state index contributed by atoms with van der Waals surface area (Å²) in [5, 5.41) is 6.49. The van der Waals surface area contributed by atoms with E-state index >= 15 is 0 Å². The van der Waals surface area contributed by atoms with Gasteiger partial charge in [-0.1, -0.05) is 29.4 Å². The first-order chi connectivity index (χ1) is 9.29. The van der Waals surface area contributed by atoms with Gasteiger partial charge in [-0.2, -0.15) is 4.98 Å². The van der Waals surface area contributed by atoms with E-state index in [2.05, 4.69) is 20.0 Å². The predicted molar refractivity (Wildman–Crippen MR) is 69.0 cm³/mol. The topological polar surface area (TPSA) is 94.0 Å². The molecule has 3 N–H and O–H groups in total. The Morgan fingerprint density at radius 1 is 1.32 bits per heavy atom. The van der Waals surface area contributed by atoms with Crippen molar-refractivity contribution in [3.8, 4) is 0 Å². The number of aromatic nitrogens is 2. The van der Waals surface area contributed by atoms with E-state index in [1.165, 1.54) is 6.39 Å². The lowest BCUT2D eigenvalue weighted by Crippen LogP contribution is -2.28. The number of amides is 1. The first-order valence-corrected chi connectivity index (χ1v) is 6.08. The summed E-state index contributed by atoms with van der Waals surface area (Å²) in [6.45, 7) is 0.926. The largest absolute Gasteiger partial charge is 0.355 e. The Bertz CT molecular complexity index is 525. The van der Waals surface area contributed by atoms with Crippen LogP contribution in [0.2, 0.25) is 0 Å². The van der Waals surface area contributed by atoms with Gasteiger partial charge in [-0.25, -0.2) is 0 Å². The Morgan fingerprint density at radius 3 is 2.79 bits per heavy atom. The van der Waals surface area contributed by atoms with Crippen molar-refractivity contribution in [2.75, 3.05) is 6.54 Å². The Balaban J connectivity index is 1.80. The third-order valence-corrected chi connectivity index (χ3v) is 2.77. The maximum Gasteiger partial charge on any atom is 0.224 e. The fourth-order valence-corrected chi connectivity index (χ4v) is 1.78. The minimum atomic E-state index is -0.0376. The molecule has 0 fully saturated rings. The van der Waals surface area contributed by atoms with Gasteiger partial charge in [0.15, 0.2) is 5.82 Å². The highest BCUT2D eigenvalue weighted by Crippen LogP contribution is 2.08. The molecule has 0 aliphatic carbocycles. The molecule has 2 aromatic rings. The van der Waals surface area contributed by atoms with E-state index in [0.29, 0.717) is 31.8 Å². The minimum absolute atomic E-state index is 0.0376. The van der Waals surface area contributed by atoms with Crippen LogP contribution < -0.4 is 11.1 Å². The Labute approximate surface area is 111 Å². The van der Waals surface area contributed by atoms with Crippen molar-refractivity contribution in [3.05, 3.63) is 47.6 Å². The quantitative estimate of drug-likeness (QED) is 0.785. The smallest absolute Gasteiger partial charge is 0.224 e. The SMILES string of the molecule is NCc1ccccc1CC(=O)NCCc1ncon1. The molecule has 1 amide bonds. The summed E-state index contributed by atoms with van der Waals surface area (Å²) in [7, 11) is 0. The minimum Gasteiger partial charge on any atom is -0.355 e. The molecule has 2 rings (SSSR count). The highest BCUT2D eigenvalue weighted by atomic mass is 16.5. The van der Waals surface area contributed by atoms with Crippen LogP contribution in [0.1, 0.15) is 17.0 Å². The van der Waals surface area contributed by atoms with E-state index in [1.54, 1.807) is 0 Å². The summed E-state index contributed by atoms with van der Waals surface area (Å²) in [5.74, 6) is 0.548. The lowest BCUT2D eigenvalue weighted by atomic mass is 10.0. The van der Waals surface area contributed by atoms with Crippen LogP contribution >= 0.6 is 0 Å². The first kappa shape index (κ1) is 13.2. The monoisotopic (exact) mass is 260 g/mol. The summed E-state index contributed by atoms with van der Waals surface area (Å²) >= 11 is 0. The molecule has 0 atom stereocenters. The molecule has 19 heavy (non-hydrogen) atoms. The molecule has 0 bridgehead atoms. The Hall–Kier alpha value is -2.21. The van der Waals surface area contributed by atoms with Gasteiger partial charge in [-0.3, -0.25) is 4.79 Å². The summed E-state index contributed by atoms with van der Waals surface area (Å²) in [4.78, 5) is 15.7. The van der Waals surface area contributed by atoms with Crippen molar-refractivity contribution in [1.82, 2.24) is 15.5 Å². The van der Waals surface area contributed by atoms with Crippen LogP contribution in [-0.2, 0) is 24.2 Å². The number of hydrogen-bond donors (Lipinski definition) is 2. The number of carbonyl (C=O) groups excluding carboxylic acids is 1. The van der Waals surface area contributed by atoms with Crippen molar-refractivity contribution in [2.24, 2.45) is 5.73 Å². The van der Waals surface area contributed by atoms with E-state index in [9.17, 15) is 4.79 Å². The van der Waals surface area contributed by atoms with Crippen LogP contribution in [0.15, 0.2) is 35.2 Å². The number of nitrogens with zero attached hydrogens (tertiary/aromatic N) is 2. The number of benzene rings is 1. The molecule has 1 aromatic heterocycles. The third kappa shape index (κ3) is 3.89. The van der Waals surface area contributed by atoms with E-state index in [0.717, 1.165) is 11.1 Å². The summed E-state index contributed by atoms with van der Waals surface area (Å²) in [6.07, 6.45) is 2.16. The van der Waals surface area contributed by atoms with Gasteiger partial charge in [0.05, 0.1) is 6.42 Å². The molecule has 0 aliphatic heterocycles. The van der Waals surface area contributed by atoms with Crippen LogP contribution in [0.5, 0.6) is 0 Å². The maximum atomic E-state index is 11.8. The molecule has 0 spiro atoms. The molecular formula is C13H16N4O2. The summed E-state index contributed by atoms with van der Waals surface area (Å²) in [6, 6.07) is 7.67. The van der Waals surface area contributed by atoms with Gasteiger partial charge < -0.3 is 15.6 Å². The van der Waals surface area contributed by atoms with Crippen LogP contribution in [0.3, 0.4) is 0 Å². The summed E-state index contributed by atoms with van der Waals surface area (Å²) < 4.78 is 4.61. The number of carbonyl (C=O) groups is 1. The van der Waals surface area contributed by atoms with Crippen molar-refractivity contribution in [2.45, 2.75) is 19.4 Å². The van der Waals surface area contributed by atoms with Crippen LogP contribution in [0.25, 0.3) is 0 Å². The zero-order chi connectivity index (χ0) is 13.5. The van der Waals surface area contributed by atoms with E-state index in [4.69, 9.17) is 5.73 Å². The highest BCUT2D eigenvalue weighted by molar-refractivity contribution is 5.78. The second kappa shape index (κ2) is 6.65. The number of nitrogens with one attached hydrogen (secondary N) is 1. The van der Waals surface area contributed by atoms with Gasteiger partial charge in [-0.15, -0.1) is 0 Å². The van der Waals surface area contributed by atoms with Crippen LogP contribution in [0.4, 0.5) is 0 Å². The zero-order valence-corrected chi connectivity index (χ0v) is 10.5. The molecule has 1 heterocycles. The van der Waals surface area contributed by atoms with Crippen molar-refractivity contribution in [3.63, 3.8) is 0 Å². The lowest BCUT2D eigenvalue weighted by Gasteiger charge is -2.07. The van der Waals surface area contributed by atoms with Crippen LogP contribution in [-0.4, -0.2) is 22.6 Å². The molecule has 0 radical (unpaired) electrons. The fourth-order valence-electron chi connectivity index (χ4n) is 1.78. The first-order valence-electron chi connectivity index (χ1n) is 6.08. The molecule has 1 aromatic carbocycles. The van der Waals surface area contributed by atoms with E-state index in [-0.39, 0.29) is 5.91 Å². The predicted octanol–water partition coefficient (Wildman–Crippen LogP) is 0.430. The van der Waals surface area contributed by atoms with Crippen molar-refractivity contribution in [1.29, 1.82) is 0 Å². The van der Waals surface area contributed by atoms with E-state index < -0.39 is 0 Å². The van der Waals surface area contributed by atoms with Gasteiger partial charge in [0.1, 0.15) is 0 Å². The van der Waals surface area contributed by atoms with Crippen molar-refractivity contribution < 1.29 is 9.32 Å². The second-order valence-electron chi connectivity index (χ2n) is 4.10. The molecule has 0 saturated heterocycles. The lowest BCUT2D eigenvalue weighted by molar-refractivity contribution is -0.120. The molecular weight excluding hydrogens is 244 g/mol. The van der Waals surface area contributed by atoms with Gasteiger partial charge in [-0.05, 0) is 11.1 Å². The van der Waals surface area contributed by atoms with E-state index in [1.807, 2.05) is 24.3 Å². The average molecular weight is 260 g/mol. The van der Waals surface area contributed by atoms with Gasteiger partial charge in [0.2, 0.25) is 12.3 Å². The maximum absolute atomic E-state index is 11.8. The van der Waals surface area contributed by atoms with Crippen molar-refractivity contribution >= 4 is 5.91 Å². The number of hydrogen-bond acceptors (Lipinski definition) is 5. The van der Waals surface area contributed by atoms with Crippen LogP contribution in [0, 0.1) is 0 Å². The number of rotatable bonds is 6. The summed E-state index contributed by atoms with van der Waals surface area (Å²) in [5.41, 5.74) is 7.59. The van der Waals surface area contributed by atoms with Gasteiger partial charge in [0, 0.05) is 19.5 Å². The molecule has 0 aliphatic rings. The second-order valence-corrected chi connectivity index (χ2v) is 4.10.